The largest absolute Gasteiger partial charge is 0.486 e. The van der Waals surface area contributed by atoms with Crippen molar-refractivity contribution >= 4 is 22.9 Å². The van der Waals surface area contributed by atoms with Crippen molar-refractivity contribution in [2.24, 2.45) is 0 Å². The van der Waals surface area contributed by atoms with E-state index in [1.165, 1.54) is 18.3 Å². The number of nitrogens with zero attached hydrogens (tertiary/aromatic N) is 2. The maximum atomic E-state index is 12.1. The lowest BCUT2D eigenvalue weighted by Crippen LogP contribution is -2.19. The first-order valence-corrected chi connectivity index (χ1v) is 7.47. The number of nitriles is 1. The van der Waals surface area contributed by atoms with Crippen LogP contribution < -0.4 is 4.74 Å². The third kappa shape index (κ3) is 3.77. The Morgan fingerprint density at radius 2 is 2.05 bits per heavy atom. The molecular weight excluding hydrogens is 300 g/mol. The number of Topliss-reactive ketones (excluding diaryl/α,β-unsaturated/α-hetero) is 2. The Bertz CT molecular complexity index is 729. The van der Waals surface area contributed by atoms with Gasteiger partial charge >= 0.3 is 0 Å². The van der Waals surface area contributed by atoms with E-state index in [-0.39, 0.29) is 18.2 Å². The third-order valence-corrected chi connectivity index (χ3v) is 4.00. The van der Waals surface area contributed by atoms with Gasteiger partial charge < -0.3 is 4.74 Å². The molecule has 1 aromatic carbocycles. The van der Waals surface area contributed by atoms with Gasteiger partial charge in [-0.15, -0.1) is 11.3 Å². The second-order valence-corrected chi connectivity index (χ2v) is 5.61. The summed E-state index contributed by atoms with van der Waals surface area (Å²) in [5.74, 6) is -0.806. The van der Waals surface area contributed by atoms with Gasteiger partial charge in [0, 0.05) is 16.6 Å². The molecule has 0 spiro atoms. The monoisotopic (exact) mass is 314 g/mol. The Kier molecular flexibility index (Phi) is 5.02. The van der Waals surface area contributed by atoms with Crippen LogP contribution in [0, 0.1) is 18.3 Å². The van der Waals surface area contributed by atoms with E-state index in [1.54, 1.807) is 29.6 Å². The molecule has 0 amide bonds. The smallest absolute Gasteiger partial charge is 0.194 e. The van der Waals surface area contributed by atoms with Gasteiger partial charge in [0.05, 0.1) is 6.07 Å². The average Bonchev–Trinajstić information content (AvgIpc) is 2.92. The first-order chi connectivity index (χ1) is 10.5. The number of rotatable bonds is 6. The molecule has 2 aromatic rings. The summed E-state index contributed by atoms with van der Waals surface area (Å²) in [7, 11) is 0. The summed E-state index contributed by atoms with van der Waals surface area (Å²) in [5, 5.41) is 11.4. The highest BCUT2D eigenvalue weighted by Crippen LogP contribution is 2.21. The van der Waals surface area contributed by atoms with Gasteiger partial charge in [0.15, 0.2) is 17.5 Å². The first kappa shape index (κ1) is 15.9. The summed E-state index contributed by atoms with van der Waals surface area (Å²) in [4.78, 5) is 27.4. The van der Waals surface area contributed by atoms with Gasteiger partial charge in [0.25, 0.3) is 0 Å². The molecule has 1 heterocycles. The van der Waals surface area contributed by atoms with E-state index >= 15 is 0 Å². The fraction of sp³-hybridized carbons (Fsp3) is 0.250. The maximum Gasteiger partial charge on any atom is 0.194 e. The lowest BCUT2D eigenvalue weighted by molar-refractivity contribution is -0.121. The van der Waals surface area contributed by atoms with E-state index in [0.29, 0.717) is 16.3 Å². The summed E-state index contributed by atoms with van der Waals surface area (Å²) < 4.78 is 5.38. The minimum absolute atomic E-state index is 0.0358. The van der Waals surface area contributed by atoms with Crippen molar-refractivity contribution in [3.8, 4) is 11.8 Å². The van der Waals surface area contributed by atoms with Crippen LogP contribution in [-0.2, 0) is 4.79 Å². The summed E-state index contributed by atoms with van der Waals surface area (Å²) in [5.41, 5.74) is 1.36. The Morgan fingerprint density at radius 1 is 1.36 bits per heavy atom. The van der Waals surface area contributed by atoms with E-state index in [2.05, 4.69) is 4.98 Å². The Labute approximate surface area is 132 Å². The number of aromatic nitrogens is 1. The van der Waals surface area contributed by atoms with Gasteiger partial charge in [0.1, 0.15) is 17.4 Å². The molecule has 22 heavy (non-hydrogen) atoms. The molecule has 0 radical (unpaired) electrons. The Morgan fingerprint density at radius 3 is 2.55 bits per heavy atom. The lowest BCUT2D eigenvalue weighted by Gasteiger charge is -2.08. The quantitative estimate of drug-likeness (QED) is 0.766. The second kappa shape index (κ2) is 6.96. The van der Waals surface area contributed by atoms with Crippen LogP contribution in [0.2, 0.25) is 0 Å². The van der Waals surface area contributed by atoms with Gasteiger partial charge in [-0.2, -0.15) is 5.26 Å². The highest BCUT2D eigenvalue weighted by Gasteiger charge is 2.23. The van der Waals surface area contributed by atoms with Gasteiger partial charge in [-0.25, -0.2) is 4.98 Å². The zero-order valence-corrected chi connectivity index (χ0v) is 13.0. The molecule has 112 valence electrons. The number of hydrogen-bond acceptors (Lipinski definition) is 6. The number of benzene rings is 1. The minimum atomic E-state index is -0.907. The van der Waals surface area contributed by atoms with Crippen LogP contribution in [0.3, 0.4) is 0 Å². The number of ether oxygens (including phenoxy) is 1. The standard InChI is InChI=1S/C16H14N2O3S/c1-10-9-22-16(18-10)14(7-17)15(20)8-21-13-5-3-12(4-6-13)11(2)19/h3-6,9,14H,8H2,1-2H3/t14-/m1/s1. The molecule has 0 unspecified atom stereocenters. The average molecular weight is 314 g/mol. The lowest BCUT2D eigenvalue weighted by atomic mass is 10.1. The molecule has 0 aliphatic heterocycles. The van der Waals surface area contributed by atoms with Crippen molar-refractivity contribution in [3.63, 3.8) is 0 Å². The third-order valence-electron chi connectivity index (χ3n) is 2.98. The molecule has 0 aliphatic carbocycles. The molecule has 2 rings (SSSR count). The minimum Gasteiger partial charge on any atom is -0.486 e. The van der Waals surface area contributed by atoms with Crippen molar-refractivity contribution < 1.29 is 14.3 Å². The molecule has 0 N–H and O–H groups in total. The number of carbonyl (C=O) groups is 2. The van der Waals surface area contributed by atoms with Gasteiger partial charge in [-0.3, -0.25) is 9.59 Å². The van der Waals surface area contributed by atoms with E-state index < -0.39 is 5.92 Å². The van der Waals surface area contributed by atoms with Crippen molar-refractivity contribution in [1.29, 1.82) is 5.26 Å². The molecule has 5 nitrogen and oxygen atoms in total. The van der Waals surface area contributed by atoms with Crippen molar-refractivity contribution in [2.75, 3.05) is 6.61 Å². The number of thiazole rings is 1. The summed E-state index contributed by atoms with van der Waals surface area (Å²) >= 11 is 1.29. The topological polar surface area (TPSA) is 80.0 Å². The van der Waals surface area contributed by atoms with Crippen LogP contribution in [0.5, 0.6) is 5.75 Å². The van der Waals surface area contributed by atoms with Gasteiger partial charge in [-0.05, 0) is 38.1 Å². The van der Waals surface area contributed by atoms with Crippen LogP contribution in [0.4, 0.5) is 0 Å². The molecule has 1 aromatic heterocycles. The first-order valence-electron chi connectivity index (χ1n) is 6.59. The van der Waals surface area contributed by atoms with E-state index in [0.717, 1.165) is 5.69 Å². The Balaban J connectivity index is 1.99. The molecule has 0 bridgehead atoms. The summed E-state index contributed by atoms with van der Waals surface area (Å²) in [6.45, 7) is 3.08. The summed E-state index contributed by atoms with van der Waals surface area (Å²) in [6.07, 6.45) is 0. The molecule has 6 heteroatoms. The highest BCUT2D eigenvalue weighted by molar-refractivity contribution is 7.09. The SMILES string of the molecule is CC(=O)c1ccc(OCC(=O)[C@@H](C#N)c2nc(C)cs2)cc1. The maximum absolute atomic E-state index is 12.1. The van der Waals surface area contributed by atoms with Crippen LogP contribution in [0.1, 0.15) is 33.9 Å². The normalized spacial score (nSPS) is 11.5. The number of aryl methyl sites for hydroxylation is 1. The Hall–Kier alpha value is -2.52. The van der Waals surface area contributed by atoms with Crippen LogP contribution in [-0.4, -0.2) is 23.2 Å². The number of carbonyl (C=O) groups excluding carboxylic acids is 2. The molecule has 0 saturated heterocycles. The van der Waals surface area contributed by atoms with E-state index in [4.69, 9.17) is 10.00 Å². The van der Waals surface area contributed by atoms with Crippen LogP contribution >= 0.6 is 11.3 Å². The number of hydrogen-bond donors (Lipinski definition) is 0. The van der Waals surface area contributed by atoms with Crippen molar-refractivity contribution in [3.05, 3.63) is 45.9 Å². The van der Waals surface area contributed by atoms with Crippen LogP contribution in [0.15, 0.2) is 29.6 Å². The van der Waals surface area contributed by atoms with Gasteiger partial charge in [-0.1, -0.05) is 0 Å². The fourth-order valence-corrected chi connectivity index (χ4v) is 2.65. The molecule has 0 aliphatic rings. The second-order valence-electron chi connectivity index (χ2n) is 4.72. The molecule has 1 atom stereocenters. The molecule has 0 fully saturated rings. The highest BCUT2D eigenvalue weighted by atomic mass is 32.1. The van der Waals surface area contributed by atoms with Gasteiger partial charge in [0.2, 0.25) is 0 Å². The fourth-order valence-electron chi connectivity index (χ4n) is 1.79. The zero-order chi connectivity index (χ0) is 16.1. The van der Waals surface area contributed by atoms with E-state index in [9.17, 15) is 9.59 Å². The zero-order valence-electron chi connectivity index (χ0n) is 12.2. The predicted octanol–water partition coefficient (Wildman–Crippen LogP) is 2.91. The number of ketones is 2. The predicted molar refractivity (Wildman–Crippen MR) is 82.2 cm³/mol. The molecule has 0 saturated carbocycles. The van der Waals surface area contributed by atoms with Crippen molar-refractivity contribution in [2.45, 2.75) is 19.8 Å². The van der Waals surface area contributed by atoms with Crippen molar-refractivity contribution in [1.82, 2.24) is 4.98 Å². The summed E-state index contributed by atoms with van der Waals surface area (Å²) in [6, 6.07) is 8.48. The van der Waals surface area contributed by atoms with E-state index in [1.807, 2.05) is 13.0 Å². The van der Waals surface area contributed by atoms with Crippen LogP contribution in [0.25, 0.3) is 0 Å². The molecular formula is C16H14N2O3S.